The van der Waals surface area contributed by atoms with Crippen LogP contribution in [0, 0.1) is 17.2 Å². The van der Waals surface area contributed by atoms with Gasteiger partial charge in [-0.3, -0.25) is 0 Å². The molecule has 0 saturated heterocycles. The maximum absolute atomic E-state index is 14.4. The number of nitriles is 1. The first-order chi connectivity index (χ1) is 12.2. The minimum absolute atomic E-state index is 0.155. The number of alkyl halides is 1. The summed E-state index contributed by atoms with van der Waals surface area (Å²) in [6, 6.07) is 20.5. The van der Waals surface area contributed by atoms with E-state index in [1.807, 2.05) is 24.3 Å². The third-order valence-electron chi connectivity index (χ3n) is 5.49. The average Bonchev–Trinajstić information content (AvgIpc) is 2.67. The molecule has 0 aliphatic heterocycles. The van der Waals surface area contributed by atoms with Crippen LogP contribution in [-0.2, 0) is 12.8 Å². The van der Waals surface area contributed by atoms with Gasteiger partial charge < -0.3 is 0 Å². The van der Waals surface area contributed by atoms with Crippen molar-refractivity contribution in [2.24, 2.45) is 5.92 Å². The van der Waals surface area contributed by atoms with Crippen molar-refractivity contribution in [1.29, 1.82) is 5.26 Å². The molecule has 2 atom stereocenters. The Labute approximate surface area is 147 Å². The van der Waals surface area contributed by atoms with Crippen LogP contribution in [0.2, 0.25) is 0 Å². The standard InChI is InChI=1S/C23H20FN/c1-2-16-11-20-8-7-19-12-18(17-5-3-15(14-25)4-6-17)9-10-21(19)22(20)13-23(16)24/h3-10,12,16,23H,2,11,13H2,1H3/t16-,23-/m0/s1. The number of hydrogen-bond donors (Lipinski definition) is 0. The Morgan fingerprint density at radius 3 is 2.48 bits per heavy atom. The van der Waals surface area contributed by atoms with Crippen molar-refractivity contribution >= 4 is 10.8 Å². The van der Waals surface area contributed by atoms with Crippen LogP contribution in [0.4, 0.5) is 4.39 Å². The summed E-state index contributed by atoms with van der Waals surface area (Å²) in [6.45, 7) is 2.08. The topological polar surface area (TPSA) is 23.8 Å². The van der Waals surface area contributed by atoms with Gasteiger partial charge in [-0.1, -0.05) is 49.7 Å². The van der Waals surface area contributed by atoms with E-state index < -0.39 is 6.17 Å². The van der Waals surface area contributed by atoms with Crippen molar-refractivity contribution in [3.63, 3.8) is 0 Å². The fourth-order valence-electron chi connectivity index (χ4n) is 3.96. The highest BCUT2D eigenvalue weighted by atomic mass is 19.1. The zero-order valence-electron chi connectivity index (χ0n) is 14.3. The van der Waals surface area contributed by atoms with Crippen molar-refractivity contribution in [3.05, 3.63) is 71.3 Å². The van der Waals surface area contributed by atoms with Gasteiger partial charge in [-0.05, 0) is 63.6 Å². The molecule has 0 fully saturated rings. The predicted molar refractivity (Wildman–Crippen MR) is 100 cm³/mol. The third kappa shape index (κ3) is 2.81. The Kier molecular flexibility index (Phi) is 4.01. The number of rotatable bonds is 2. The molecule has 0 aromatic heterocycles. The Morgan fingerprint density at radius 2 is 1.76 bits per heavy atom. The largest absolute Gasteiger partial charge is 0.247 e. The fraction of sp³-hybridized carbons (Fsp3) is 0.261. The van der Waals surface area contributed by atoms with Crippen molar-refractivity contribution in [2.45, 2.75) is 32.4 Å². The second kappa shape index (κ2) is 6.33. The lowest BCUT2D eigenvalue weighted by Gasteiger charge is -2.28. The molecule has 1 aliphatic rings. The number of benzene rings is 3. The van der Waals surface area contributed by atoms with E-state index >= 15 is 0 Å². The molecule has 25 heavy (non-hydrogen) atoms. The SMILES string of the molecule is CC[C@H]1Cc2ccc3cc(-c4ccc(C#N)cc4)ccc3c2C[C@@H]1F. The second-order valence-electron chi connectivity index (χ2n) is 6.92. The van der Waals surface area contributed by atoms with E-state index in [0.717, 1.165) is 29.4 Å². The van der Waals surface area contributed by atoms with E-state index in [4.69, 9.17) is 5.26 Å². The quantitative estimate of drug-likeness (QED) is 0.579. The van der Waals surface area contributed by atoms with Gasteiger partial charge in [0.2, 0.25) is 0 Å². The zero-order valence-corrected chi connectivity index (χ0v) is 14.3. The van der Waals surface area contributed by atoms with E-state index in [1.54, 1.807) is 0 Å². The van der Waals surface area contributed by atoms with Crippen LogP contribution in [0.3, 0.4) is 0 Å². The molecule has 4 rings (SSSR count). The van der Waals surface area contributed by atoms with Crippen LogP contribution >= 0.6 is 0 Å². The first-order valence-electron chi connectivity index (χ1n) is 8.88. The molecule has 124 valence electrons. The molecule has 0 heterocycles. The summed E-state index contributed by atoms with van der Waals surface area (Å²) in [4.78, 5) is 0. The second-order valence-corrected chi connectivity index (χ2v) is 6.92. The van der Waals surface area contributed by atoms with Crippen molar-refractivity contribution in [2.75, 3.05) is 0 Å². The molecule has 3 aromatic rings. The first-order valence-corrected chi connectivity index (χ1v) is 8.88. The van der Waals surface area contributed by atoms with Gasteiger partial charge in [0.1, 0.15) is 6.17 Å². The lowest BCUT2D eigenvalue weighted by molar-refractivity contribution is 0.208. The maximum Gasteiger partial charge on any atom is 0.107 e. The number of fused-ring (bicyclic) bond motifs is 3. The molecule has 0 spiro atoms. The molecule has 3 aromatic carbocycles. The van der Waals surface area contributed by atoms with Gasteiger partial charge in [-0.2, -0.15) is 5.26 Å². The summed E-state index contributed by atoms with van der Waals surface area (Å²) in [5.74, 6) is 0.155. The van der Waals surface area contributed by atoms with Crippen LogP contribution in [0.15, 0.2) is 54.6 Å². The predicted octanol–water partition coefficient (Wildman–Crippen LogP) is 5.84. The van der Waals surface area contributed by atoms with E-state index in [0.29, 0.717) is 12.0 Å². The van der Waals surface area contributed by atoms with E-state index in [-0.39, 0.29) is 5.92 Å². The molecule has 0 N–H and O–H groups in total. The maximum atomic E-state index is 14.4. The highest BCUT2D eigenvalue weighted by molar-refractivity contribution is 5.91. The Bertz CT molecular complexity index is 966. The van der Waals surface area contributed by atoms with Crippen LogP contribution in [0.5, 0.6) is 0 Å². The van der Waals surface area contributed by atoms with Gasteiger partial charge in [0, 0.05) is 6.42 Å². The van der Waals surface area contributed by atoms with E-state index in [9.17, 15) is 4.39 Å². The molecule has 0 amide bonds. The fourth-order valence-corrected chi connectivity index (χ4v) is 3.96. The summed E-state index contributed by atoms with van der Waals surface area (Å²) in [6.07, 6.45) is 1.54. The smallest absolute Gasteiger partial charge is 0.107 e. The zero-order chi connectivity index (χ0) is 17.4. The molecule has 0 radical (unpaired) electrons. The molecule has 0 bridgehead atoms. The summed E-state index contributed by atoms with van der Waals surface area (Å²) in [7, 11) is 0. The highest BCUT2D eigenvalue weighted by Gasteiger charge is 2.28. The Balaban J connectivity index is 1.77. The first kappa shape index (κ1) is 15.8. The van der Waals surface area contributed by atoms with Crippen molar-refractivity contribution in [3.8, 4) is 17.2 Å². The van der Waals surface area contributed by atoms with Gasteiger partial charge in [-0.15, -0.1) is 0 Å². The van der Waals surface area contributed by atoms with E-state index in [2.05, 4.69) is 43.3 Å². The van der Waals surface area contributed by atoms with Crippen molar-refractivity contribution in [1.82, 2.24) is 0 Å². The summed E-state index contributed by atoms with van der Waals surface area (Å²) >= 11 is 0. The summed E-state index contributed by atoms with van der Waals surface area (Å²) < 4.78 is 14.4. The normalized spacial score (nSPS) is 19.4. The molecule has 1 aliphatic carbocycles. The minimum atomic E-state index is -0.735. The van der Waals surface area contributed by atoms with E-state index in [1.165, 1.54) is 16.5 Å². The molecule has 1 nitrogen and oxygen atoms in total. The van der Waals surface area contributed by atoms with Crippen molar-refractivity contribution < 1.29 is 4.39 Å². The van der Waals surface area contributed by atoms with Crippen LogP contribution in [-0.4, -0.2) is 6.17 Å². The van der Waals surface area contributed by atoms with Crippen LogP contribution in [0.25, 0.3) is 21.9 Å². The molecule has 2 heteroatoms. The highest BCUT2D eigenvalue weighted by Crippen LogP contribution is 2.35. The Hall–Kier alpha value is -2.66. The van der Waals surface area contributed by atoms with Gasteiger partial charge in [0.25, 0.3) is 0 Å². The van der Waals surface area contributed by atoms with Gasteiger partial charge in [-0.25, -0.2) is 4.39 Å². The molecular weight excluding hydrogens is 309 g/mol. The van der Waals surface area contributed by atoms with Gasteiger partial charge >= 0.3 is 0 Å². The molecule has 0 saturated carbocycles. The third-order valence-corrected chi connectivity index (χ3v) is 5.49. The summed E-state index contributed by atoms with van der Waals surface area (Å²) in [5, 5.41) is 11.3. The van der Waals surface area contributed by atoms with Crippen LogP contribution in [0.1, 0.15) is 30.0 Å². The monoisotopic (exact) mass is 329 g/mol. The summed E-state index contributed by atoms with van der Waals surface area (Å²) in [5.41, 5.74) is 5.36. The number of halogens is 1. The van der Waals surface area contributed by atoms with Gasteiger partial charge in [0.05, 0.1) is 11.6 Å². The number of hydrogen-bond acceptors (Lipinski definition) is 1. The molecule has 0 unspecified atom stereocenters. The lowest BCUT2D eigenvalue weighted by atomic mass is 9.79. The number of nitrogens with zero attached hydrogens (tertiary/aromatic N) is 1. The minimum Gasteiger partial charge on any atom is -0.247 e. The average molecular weight is 329 g/mol. The van der Waals surface area contributed by atoms with Gasteiger partial charge in [0.15, 0.2) is 0 Å². The lowest BCUT2D eigenvalue weighted by Crippen LogP contribution is -2.26. The van der Waals surface area contributed by atoms with Crippen LogP contribution < -0.4 is 0 Å². The Morgan fingerprint density at radius 1 is 1.00 bits per heavy atom. The molecular formula is C23H20FN.